The zero-order valence-electron chi connectivity index (χ0n) is 20.8. The Labute approximate surface area is 203 Å². The number of aryl methyl sites for hydroxylation is 2. The van der Waals surface area contributed by atoms with Gasteiger partial charge in [-0.1, -0.05) is 18.2 Å². The van der Waals surface area contributed by atoms with Gasteiger partial charge in [0.25, 0.3) is 0 Å². The lowest BCUT2D eigenvalue weighted by Crippen LogP contribution is -2.55. The summed E-state index contributed by atoms with van der Waals surface area (Å²) in [6.07, 6.45) is 4.36. The summed E-state index contributed by atoms with van der Waals surface area (Å²) in [5.74, 6) is 2.15. The number of amides is 1. The molecule has 4 heterocycles. The normalized spacial score (nSPS) is 21.8. The number of carbonyl (C=O) groups excluding carboxylic acids is 1. The van der Waals surface area contributed by atoms with Crippen LogP contribution in [0.5, 0.6) is 0 Å². The molecule has 3 fully saturated rings. The minimum Gasteiger partial charge on any atom is -0.441 e. The van der Waals surface area contributed by atoms with Crippen LogP contribution in [0.25, 0.3) is 11.5 Å². The molecule has 3 aliphatic rings. The molecule has 1 aromatic heterocycles. The molecular weight excluding hydrogens is 426 g/mol. The summed E-state index contributed by atoms with van der Waals surface area (Å²) in [5.41, 5.74) is 3.24. The van der Waals surface area contributed by atoms with Gasteiger partial charge in [0, 0.05) is 50.2 Å². The van der Waals surface area contributed by atoms with Gasteiger partial charge in [0.2, 0.25) is 11.8 Å². The molecule has 0 unspecified atom stereocenters. The van der Waals surface area contributed by atoms with Crippen LogP contribution in [0.4, 0.5) is 0 Å². The standard InChI is InChI=1S/C27H39N5O2/c1-20-5-3-4-6-24(20)26-29-25(21(2)34-26)19-30-13-9-22(10-14-30)27(33)32-17-15-31(16-18-32)23-7-11-28-12-8-23/h3-6,22-23,28H,7-19H2,1-2H3. The van der Waals surface area contributed by atoms with E-state index < -0.39 is 0 Å². The SMILES string of the molecule is Cc1ccccc1-c1nc(CN2CCC(C(=O)N3CCN(C4CCNCC4)CC3)CC2)c(C)o1. The number of nitrogens with zero attached hydrogens (tertiary/aromatic N) is 4. The van der Waals surface area contributed by atoms with E-state index in [-0.39, 0.29) is 5.92 Å². The van der Waals surface area contributed by atoms with Gasteiger partial charge in [-0.2, -0.15) is 0 Å². The first-order valence-corrected chi connectivity index (χ1v) is 13.1. The first kappa shape index (κ1) is 23.5. The predicted molar refractivity (Wildman–Crippen MR) is 133 cm³/mol. The van der Waals surface area contributed by atoms with E-state index in [0.29, 0.717) is 17.8 Å². The van der Waals surface area contributed by atoms with Crippen molar-refractivity contribution in [2.45, 2.75) is 52.1 Å². The summed E-state index contributed by atoms with van der Waals surface area (Å²) in [6.45, 7) is 12.9. The molecule has 3 aliphatic heterocycles. The highest BCUT2D eigenvalue weighted by molar-refractivity contribution is 5.79. The molecule has 0 radical (unpaired) electrons. The highest BCUT2D eigenvalue weighted by Crippen LogP contribution is 2.27. The molecule has 0 bridgehead atoms. The van der Waals surface area contributed by atoms with Gasteiger partial charge in [-0.25, -0.2) is 4.98 Å². The predicted octanol–water partition coefficient (Wildman–Crippen LogP) is 3.07. The fourth-order valence-corrected chi connectivity index (χ4v) is 5.79. The third-order valence-electron chi connectivity index (χ3n) is 8.03. The van der Waals surface area contributed by atoms with E-state index in [4.69, 9.17) is 9.40 Å². The number of benzene rings is 1. The second kappa shape index (κ2) is 10.6. The van der Waals surface area contributed by atoms with Crippen molar-refractivity contribution in [3.05, 3.63) is 41.3 Å². The van der Waals surface area contributed by atoms with Crippen molar-refractivity contribution in [3.63, 3.8) is 0 Å². The van der Waals surface area contributed by atoms with Crippen molar-refractivity contribution >= 4 is 5.91 Å². The van der Waals surface area contributed by atoms with Crippen molar-refractivity contribution in [1.29, 1.82) is 0 Å². The number of hydrogen-bond acceptors (Lipinski definition) is 6. The molecule has 5 rings (SSSR count). The van der Waals surface area contributed by atoms with Crippen LogP contribution in [0.3, 0.4) is 0 Å². The summed E-state index contributed by atoms with van der Waals surface area (Å²) >= 11 is 0. The number of piperazine rings is 1. The number of likely N-dealkylation sites (tertiary alicyclic amines) is 1. The van der Waals surface area contributed by atoms with Gasteiger partial charge >= 0.3 is 0 Å². The number of hydrogen-bond donors (Lipinski definition) is 1. The van der Waals surface area contributed by atoms with Crippen LogP contribution in [-0.2, 0) is 11.3 Å². The number of carbonyl (C=O) groups is 1. The molecule has 0 atom stereocenters. The van der Waals surface area contributed by atoms with Crippen molar-refractivity contribution in [1.82, 2.24) is 25.0 Å². The Kier molecular flexibility index (Phi) is 7.32. The smallest absolute Gasteiger partial charge is 0.226 e. The Balaban J connectivity index is 1.10. The maximum atomic E-state index is 13.2. The van der Waals surface area contributed by atoms with E-state index in [0.717, 1.165) is 88.8 Å². The Morgan fingerprint density at radius 2 is 1.71 bits per heavy atom. The molecular formula is C27H39N5O2. The molecule has 0 aliphatic carbocycles. The highest BCUT2D eigenvalue weighted by atomic mass is 16.4. The van der Waals surface area contributed by atoms with Crippen molar-refractivity contribution in [3.8, 4) is 11.5 Å². The zero-order chi connectivity index (χ0) is 23.5. The molecule has 1 aromatic carbocycles. The number of piperidine rings is 2. The summed E-state index contributed by atoms with van der Waals surface area (Å²) in [5, 5.41) is 3.45. The van der Waals surface area contributed by atoms with E-state index in [1.54, 1.807) is 0 Å². The van der Waals surface area contributed by atoms with Crippen LogP contribution in [0.1, 0.15) is 42.7 Å². The molecule has 7 heteroatoms. The lowest BCUT2D eigenvalue weighted by Gasteiger charge is -2.42. The van der Waals surface area contributed by atoms with E-state index in [1.807, 2.05) is 19.1 Å². The summed E-state index contributed by atoms with van der Waals surface area (Å²) < 4.78 is 6.01. The summed E-state index contributed by atoms with van der Waals surface area (Å²) in [6, 6.07) is 8.91. The van der Waals surface area contributed by atoms with Gasteiger partial charge in [0.05, 0.1) is 5.69 Å². The van der Waals surface area contributed by atoms with E-state index in [9.17, 15) is 4.79 Å². The molecule has 0 spiro atoms. The lowest BCUT2D eigenvalue weighted by atomic mass is 9.94. The Morgan fingerprint density at radius 3 is 2.41 bits per heavy atom. The monoisotopic (exact) mass is 465 g/mol. The van der Waals surface area contributed by atoms with Crippen LogP contribution >= 0.6 is 0 Å². The number of aromatic nitrogens is 1. The van der Waals surface area contributed by atoms with Gasteiger partial charge in [-0.15, -0.1) is 0 Å². The van der Waals surface area contributed by atoms with E-state index in [2.05, 4.69) is 39.1 Å². The molecule has 3 saturated heterocycles. The minimum atomic E-state index is 0.169. The molecule has 0 saturated carbocycles. The molecule has 184 valence electrons. The second-order valence-electron chi connectivity index (χ2n) is 10.2. The first-order chi connectivity index (χ1) is 16.6. The van der Waals surface area contributed by atoms with Gasteiger partial charge in [0.15, 0.2) is 0 Å². The molecule has 7 nitrogen and oxygen atoms in total. The van der Waals surface area contributed by atoms with Crippen LogP contribution in [-0.4, -0.2) is 84.0 Å². The van der Waals surface area contributed by atoms with Gasteiger partial charge in [0.1, 0.15) is 5.76 Å². The fraction of sp³-hybridized carbons (Fsp3) is 0.630. The average Bonchev–Trinajstić information content (AvgIpc) is 3.24. The number of oxazole rings is 1. The van der Waals surface area contributed by atoms with E-state index >= 15 is 0 Å². The third kappa shape index (κ3) is 5.21. The molecule has 1 N–H and O–H groups in total. The molecule has 1 amide bonds. The summed E-state index contributed by atoms with van der Waals surface area (Å²) in [7, 11) is 0. The average molecular weight is 466 g/mol. The minimum absolute atomic E-state index is 0.169. The topological polar surface area (TPSA) is 64.9 Å². The molecule has 34 heavy (non-hydrogen) atoms. The van der Waals surface area contributed by atoms with Gasteiger partial charge in [-0.05, 0) is 77.3 Å². The van der Waals surface area contributed by atoms with Gasteiger partial charge < -0.3 is 14.6 Å². The number of nitrogens with one attached hydrogen (secondary N) is 1. The summed E-state index contributed by atoms with van der Waals surface area (Å²) in [4.78, 5) is 25.2. The van der Waals surface area contributed by atoms with E-state index in [1.165, 1.54) is 18.4 Å². The van der Waals surface area contributed by atoms with Crippen LogP contribution < -0.4 is 5.32 Å². The Morgan fingerprint density at radius 1 is 1.00 bits per heavy atom. The fourth-order valence-electron chi connectivity index (χ4n) is 5.79. The van der Waals surface area contributed by atoms with Crippen LogP contribution in [0.2, 0.25) is 0 Å². The first-order valence-electron chi connectivity index (χ1n) is 13.1. The van der Waals surface area contributed by atoms with Crippen LogP contribution in [0.15, 0.2) is 28.7 Å². The van der Waals surface area contributed by atoms with Crippen LogP contribution in [0, 0.1) is 19.8 Å². The van der Waals surface area contributed by atoms with Crippen molar-refractivity contribution in [2.24, 2.45) is 5.92 Å². The van der Waals surface area contributed by atoms with Crippen molar-refractivity contribution < 1.29 is 9.21 Å². The Hall–Kier alpha value is -2.22. The highest BCUT2D eigenvalue weighted by Gasteiger charge is 2.32. The number of rotatable bonds is 5. The maximum Gasteiger partial charge on any atom is 0.226 e. The quantitative estimate of drug-likeness (QED) is 0.732. The van der Waals surface area contributed by atoms with Gasteiger partial charge in [-0.3, -0.25) is 14.6 Å². The maximum absolute atomic E-state index is 13.2. The third-order valence-corrected chi connectivity index (χ3v) is 8.03. The molecule has 2 aromatic rings. The zero-order valence-corrected chi connectivity index (χ0v) is 20.8. The lowest BCUT2D eigenvalue weighted by molar-refractivity contribution is -0.139. The second-order valence-corrected chi connectivity index (χ2v) is 10.2. The Bertz CT molecular complexity index is 967. The van der Waals surface area contributed by atoms with Crippen molar-refractivity contribution in [2.75, 3.05) is 52.4 Å². The largest absolute Gasteiger partial charge is 0.441 e.